The molecule has 1 aliphatic heterocycles. The molecule has 0 N–H and O–H groups in total. The summed E-state index contributed by atoms with van der Waals surface area (Å²) in [5.41, 5.74) is 4.56. The molecule has 0 radical (unpaired) electrons. The minimum atomic E-state index is 0.305. The molecule has 0 saturated carbocycles. The Balaban J connectivity index is 1.68. The van der Waals surface area contributed by atoms with Gasteiger partial charge in [-0.25, -0.2) is 4.98 Å². The van der Waals surface area contributed by atoms with E-state index in [1.54, 1.807) is 11.3 Å². The van der Waals surface area contributed by atoms with Gasteiger partial charge in [-0.3, -0.25) is 9.89 Å². The molecule has 2 aromatic rings. The molecule has 0 bridgehead atoms. The highest BCUT2D eigenvalue weighted by molar-refractivity contribution is 7.10. The average Bonchev–Trinajstić information content (AvgIpc) is 3.17. The molecule has 3 rings (SSSR count). The zero-order chi connectivity index (χ0) is 20.1. The molecule has 5 heteroatoms. The molecule has 0 spiro atoms. The van der Waals surface area contributed by atoms with E-state index in [-0.39, 0.29) is 0 Å². The maximum absolute atomic E-state index is 6.47. The van der Waals surface area contributed by atoms with Crippen LogP contribution in [0.2, 0.25) is 5.02 Å². The van der Waals surface area contributed by atoms with Gasteiger partial charge in [-0.15, -0.1) is 17.9 Å². The highest BCUT2D eigenvalue weighted by Gasteiger charge is 2.24. The lowest BCUT2D eigenvalue weighted by molar-refractivity contribution is 0.232. The van der Waals surface area contributed by atoms with Crippen LogP contribution in [0.25, 0.3) is 0 Å². The summed E-state index contributed by atoms with van der Waals surface area (Å²) in [4.78, 5) is 12.0. The third-order valence-electron chi connectivity index (χ3n) is 5.67. The topological polar surface area (TPSA) is 28.5 Å². The van der Waals surface area contributed by atoms with Crippen molar-refractivity contribution in [2.45, 2.75) is 44.9 Å². The van der Waals surface area contributed by atoms with Crippen molar-refractivity contribution < 1.29 is 0 Å². The third kappa shape index (κ3) is 4.91. The Bertz CT molecular complexity index is 814. The van der Waals surface area contributed by atoms with Gasteiger partial charge in [0.25, 0.3) is 0 Å². The molecule has 1 atom stereocenters. The largest absolute Gasteiger partial charge is 0.300 e. The van der Waals surface area contributed by atoms with Crippen LogP contribution in [0.15, 0.2) is 41.2 Å². The lowest BCUT2D eigenvalue weighted by Crippen LogP contribution is -2.32. The maximum Gasteiger partial charge on any atom is 0.0965 e. The molecular formula is C23H30ClN3S. The number of benzene rings is 1. The van der Waals surface area contributed by atoms with Gasteiger partial charge in [-0.2, -0.15) is 0 Å². The van der Waals surface area contributed by atoms with E-state index in [9.17, 15) is 0 Å². The average molecular weight is 416 g/mol. The van der Waals surface area contributed by atoms with E-state index in [0.29, 0.717) is 11.8 Å². The first kappa shape index (κ1) is 21.2. The molecule has 0 aliphatic carbocycles. The van der Waals surface area contributed by atoms with Crippen LogP contribution >= 0.6 is 22.9 Å². The van der Waals surface area contributed by atoms with Crippen molar-refractivity contribution in [1.82, 2.24) is 9.88 Å². The second kappa shape index (κ2) is 9.82. The van der Waals surface area contributed by atoms with Gasteiger partial charge in [0.1, 0.15) is 0 Å². The van der Waals surface area contributed by atoms with Crippen LogP contribution in [0, 0.1) is 6.92 Å². The Morgan fingerprint density at radius 2 is 2.18 bits per heavy atom. The summed E-state index contributed by atoms with van der Waals surface area (Å²) >= 11 is 8.26. The van der Waals surface area contributed by atoms with Crippen molar-refractivity contribution in [3.8, 4) is 0 Å². The number of hydrogen-bond donors (Lipinski definition) is 0. The molecule has 3 nitrogen and oxygen atoms in total. The van der Waals surface area contributed by atoms with Gasteiger partial charge in [0.2, 0.25) is 0 Å². The molecule has 1 aromatic heterocycles. The predicted octanol–water partition coefficient (Wildman–Crippen LogP) is 6.08. The van der Waals surface area contributed by atoms with E-state index >= 15 is 0 Å². The van der Waals surface area contributed by atoms with E-state index in [2.05, 4.69) is 41.8 Å². The van der Waals surface area contributed by atoms with Crippen molar-refractivity contribution in [2.75, 3.05) is 26.7 Å². The van der Waals surface area contributed by atoms with Gasteiger partial charge >= 0.3 is 0 Å². The minimum Gasteiger partial charge on any atom is -0.300 e. The van der Waals surface area contributed by atoms with Crippen LogP contribution in [0.5, 0.6) is 0 Å². The van der Waals surface area contributed by atoms with Crippen LogP contribution in [-0.4, -0.2) is 42.3 Å². The summed E-state index contributed by atoms with van der Waals surface area (Å²) in [6.07, 6.45) is 5.19. The van der Waals surface area contributed by atoms with E-state index in [1.807, 2.05) is 25.3 Å². The Labute approximate surface area is 178 Å². The van der Waals surface area contributed by atoms with Gasteiger partial charge in [-0.05, 0) is 62.4 Å². The fourth-order valence-electron chi connectivity index (χ4n) is 4.12. The predicted molar refractivity (Wildman–Crippen MR) is 122 cm³/mol. The van der Waals surface area contributed by atoms with Crippen LogP contribution in [0.1, 0.15) is 59.9 Å². The number of hydrogen-bond acceptors (Lipinski definition) is 4. The Hall–Kier alpha value is -1.49. The molecule has 0 amide bonds. The molecule has 1 fully saturated rings. The van der Waals surface area contributed by atoms with Gasteiger partial charge in [0, 0.05) is 29.9 Å². The second-order valence-corrected chi connectivity index (χ2v) is 8.98. The van der Waals surface area contributed by atoms with Crippen molar-refractivity contribution in [2.24, 2.45) is 4.99 Å². The molecule has 2 heterocycles. The SMILES string of the molecule is C=CCN1CCC(c2nc(/C(CC(C)c3c(C)cccc3Cl)=N/C)cs2)CC1. The molecular weight excluding hydrogens is 386 g/mol. The Kier molecular flexibility index (Phi) is 7.44. The first-order chi connectivity index (χ1) is 13.5. The summed E-state index contributed by atoms with van der Waals surface area (Å²) in [6, 6.07) is 6.11. The fourth-order valence-corrected chi connectivity index (χ4v) is 5.53. The number of aliphatic imine (C=N–C) groups is 1. The minimum absolute atomic E-state index is 0.305. The molecule has 1 aliphatic rings. The molecule has 28 heavy (non-hydrogen) atoms. The summed E-state index contributed by atoms with van der Waals surface area (Å²) in [5, 5.41) is 4.28. The molecule has 1 saturated heterocycles. The van der Waals surface area contributed by atoms with Crippen LogP contribution in [-0.2, 0) is 0 Å². The normalized spacial score (nSPS) is 17.6. The summed E-state index contributed by atoms with van der Waals surface area (Å²) in [7, 11) is 1.87. The number of piperidine rings is 1. The summed E-state index contributed by atoms with van der Waals surface area (Å²) in [5.74, 6) is 0.876. The lowest BCUT2D eigenvalue weighted by atomic mass is 9.91. The van der Waals surface area contributed by atoms with Gasteiger partial charge < -0.3 is 0 Å². The Morgan fingerprint density at radius 1 is 1.43 bits per heavy atom. The zero-order valence-electron chi connectivity index (χ0n) is 17.1. The Morgan fingerprint density at radius 3 is 2.82 bits per heavy atom. The fraction of sp³-hybridized carbons (Fsp3) is 0.478. The standard InChI is InChI=1S/C23H30ClN3S/c1-5-11-27-12-9-18(10-13-27)23-26-21(15-28-23)20(25-4)14-17(3)22-16(2)7-6-8-19(22)24/h5-8,15,17-18H,1,9-14H2,2-4H3/b25-20+. The third-order valence-corrected chi connectivity index (χ3v) is 7.01. The van der Waals surface area contributed by atoms with Crippen LogP contribution in [0.4, 0.5) is 0 Å². The van der Waals surface area contributed by atoms with Crippen molar-refractivity contribution >= 4 is 28.6 Å². The second-order valence-electron chi connectivity index (χ2n) is 7.68. The first-order valence-electron chi connectivity index (χ1n) is 10.0. The quantitative estimate of drug-likeness (QED) is 0.404. The molecule has 1 aromatic carbocycles. The number of nitrogens with zero attached hydrogens (tertiary/aromatic N) is 3. The van der Waals surface area contributed by atoms with E-state index < -0.39 is 0 Å². The van der Waals surface area contributed by atoms with E-state index in [0.717, 1.165) is 42.5 Å². The number of rotatable bonds is 7. The molecule has 150 valence electrons. The maximum atomic E-state index is 6.47. The zero-order valence-corrected chi connectivity index (χ0v) is 18.7. The number of halogens is 1. The highest BCUT2D eigenvalue weighted by atomic mass is 35.5. The van der Waals surface area contributed by atoms with Crippen molar-refractivity contribution in [1.29, 1.82) is 0 Å². The number of aromatic nitrogens is 1. The number of likely N-dealkylation sites (tertiary alicyclic amines) is 1. The monoisotopic (exact) mass is 415 g/mol. The summed E-state index contributed by atoms with van der Waals surface area (Å²) < 4.78 is 0. The smallest absolute Gasteiger partial charge is 0.0965 e. The van der Waals surface area contributed by atoms with Crippen molar-refractivity contribution in [3.63, 3.8) is 0 Å². The summed E-state index contributed by atoms with van der Waals surface area (Å²) in [6.45, 7) is 11.4. The first-order valence-corrected chi connectivity index (χ1v) is 11.3. The van der Waals surface area contributed by atoms with E-state index in [4.69, 9.17) is 16.6 Å². The number of aryl methyl sites for hydroxylation is 1. The van der Waals surface area contributed by atoms with Crippen LogP contribution in [0.3, 0.4) is 0 Å². The lowest BCUT2D eigenvalue weighted by Gasteiger charge is -2.30. The van der Waals surface area contributed by atoms with Crippen LogP contribution < -0.4 is 0 Å². The highest BCUT2D eigenvalue weighted by Crippen LogP contribution is 2.33. The van der Waals surface area contributed by atoms with E-state index in [1.165, 1.54) is 29.0 Å². The van der Waals surface area contributed by atoms with Crippen molar-refractivity contribution in [3.05, 3.63) is 63.1 Å². The molecule has 1 unspecified atom stereocenters. The van der Waals surface area contributed by atoms with Gasteiger partial charge in [0.15, 0.2) is 0 Å². The van der Waals surface area contributed by atoms with Gasteiger partial charge in [-0.1, -0.05) is 36.7 Å². The number of thiazole rings is 1. The van der Waals surface area contributed by atoms with Gasteiger partial charge in [0.05, 0.1) is 16.4 Å².